The van der Waals surface area contributed by atoms with Crippen LogP contribution in [0.5, 0.6) is 0 Å². The molecule has 3 nitrogen and oxygen atoms in total. The van der Waals surface area contributed by atoms with E-state index < -0.39 is 0 Å². The van der Waals surface area contributed by atoms with Crippen LogP contribution in [-0.4, -0.2) is 55.6 Å². The van der Waals surface area contributed by atoms with Gasteiger partial charge in [-0.15, -0.1) is 0 Å². The van der Waals surface area contributed by atoms with Gasteiger partial charge in [0, 0.05) is 39.3 Å². The molecule has 3 heteroatoms. The van der Waals surface area contributed by atoms with Crippen LogP contribution < -0.4 is 5.32 Å². The van der Waals surface area contributed by atoms with Gasteiger partial charge in [-0.05, 0) is 30.6 Å². The Labute approximate surface area is 124 Å². The molecule has 1 aliphatic heterocycles. The molecular weight excluding hydrogens is 246 g/mol. The van der Waals surface area contributed by atoms with Crippen molar-refractivity contribution in [2.45, 2.75) is 26.8 Å². The second-order valence-corrected chi connectivity index (χ2v) is 5.57. The van der Waals surface area contributed by atoms with Gasteiger partial charge in [-0.3, -0.25) is 4.90 Å². The minimum absolute atomic E-state index is 1.10. The second kappa shape index (κ2) is 8.40. The summed E-state index contributed by atoms with van der Waals surface area (Å²) in [4.78, 5) is 5.02. The third-order valence-corrected chi connectivity index (χ3v) is 4.31. The maximum Gasteiger partial charge on any atom is 0.0237 e. The van der Waals surface area contributed by atoms with Gasteiger partial charge >= 0.3 is 0 Å². The molecule has 0 atom stereocenters. The summed E-state index contributed by atoms with van der Waals surface area (Å²) in [6.07, 6.45) is 1.20. The SMILES string of the molecule is CCN(CC)CCNCCN1CCc2ccccc2C1. The number of hydrogen-bond acceptors (Lipinski definition) is 3. The lowest BCUT2D eigenvalue weighted by molar-refractivity contribution is 0.249. The molecule has 2 rings (SSSR count). The number of likely N-dealkylation sites (N-methyl/N-ethyl adjacent to an activating group) is 1. The molecule has 0 aliphatic carbocycles. The van der Waals surface area contributed by atoms with Gasteiger partial charge in [0.15, 0.2) is 0 Å². The lowest BCUT2D eigenvalue weighted by Crippen LogP contribution is -2.38. The number of nitrogens with one attached hydrogen (secondary N) is 1. The van der Waals surface area contributed by atoms with E-state index in [0.717, 1.165) is 45.8 Å². The van der Waals surface area contributed by atoms with Crippen LogP contribution >= 0.6 is 0 Å². The molecule has 0 saturated carbocycles. The van der Waals surface area contributed by atoms with E-state index in [1.54, 1.807) is 5.56 Å². The Morgan fingerprint density at radius 2 is 1.85 bits per heavy atom. The van der Waals surface area contributed by atoms with Crippen molar-refractivity contribution >= 4 is 0 Å². The largest absolute Gasteiger partial charge is 0.314 e. The van der Waals surface area contributed by atoms with E-state index in [9.17, 15) is 0 Å². The highest BCUT2D eigenvalue weighted by Crippen LogP contribution is 2.17. The average Bonchev–Trinajstić information content (AvgIpc) is 2.51. The predicted molar refractivity (Wildman–Crippen MR) is 86.1 cm³/mol. The molecule has 0 spiro atoms. The van der Waals surface area contributed by atoms with Crippen molar-refractivity contribution < 1.29 is 0 Å². The summed E-state index contributed by atoms with van der Waals surface area (Å²) >= 11 is 0. The number of nitrogens with zero attached hydrogens (tertiary/aromatic N) is 2. The molecule has 1 heterocycles. The Bertz CT molecular complexity index is 388. The molecule has 1 aliphatic rings. The Kier molecular flexibility index (Phi) is 6.51. The van der Waals surface area contributed by atoms with Crippen LogP contribution in [0, 0.1) is 0 Å². The minimum atomic E-state index is 1.10. The van der Waals surface area contributed by atoms with Crippen molar-refractivity contribution in [1.29, 1.82) is 0 Å². The molecule has 20 heavy (non-hydrogen) atoms. The molecule has 0 fully saturated rings. The summed E-state index contributed by atoms with van der Waals surface area (Å²) in [5, 5.41) is 3.57. The van der Waals surface area contributed by atoms with E-state index in [1.165, 1.54) is 18.5 Å². The fraction of sp³-hybridized carbons (Fsp3) is 0.647. The molecule has 0 radical (unpaired) electrons. The summed E-state index contributed by atoms with van der Waals surface area (Å²) in [6, 6.07) is 8.86. The molecule has 0 amide bonds. The van der Waals surface area contributed by atoms with Gasteiger partial charge in [0.1, 0.15) is 0 Å². The lowest BCUT2D eigenvalue weighted by Gasteiger charge is -2.28. The van der Waals surface area contributed by atoms with E-state index in [1.807, 2.05) is 0 Å². The highest BCUT2D eigenvalue weighted by Gasteiger charge is 2.14. The number of benzene rings is 1. The van der Waals surface area contributed by atoms with Crippen LogP contribution in [0.25, 0.3) is 0 Å². The fourth-order valence-corrected chi connectivity index (χ4v) is 2.88. The first-order valence-corrected chi connectivity index (χ1v) is 8.05. The topological polar surface area (TPSA) is 18.5 Å². The van der Waals surface area contributed by atoms with Gasteiger partial charge in [-0.1, -0.05) is 38.1 Å². The summed E-state index contributed by atoms with van der Waals surface area (Å²) in [5.41, 5.74) is 3.06. The normalized spacial score (nSPS) is 15.6. The van der Waals surface area contributed by atoms with E-state index in [4.69, 9.17) is 0 Å². The first-order valence-electron chi connectivity index (χ1n) is 8.05. The molecule has 0 unspecified atom stereocenters. The lowest BCUT2D eigenvalue weighted by atomic mass is 10.00. The maximum atomic E-state index is 3.57. The Morgan fingerprint density at radius 1 is 1.10 bits per heavy atom. The smallest absolute Gasteiger partial charge is 0.0237 e. The molecular formula is C17H29N3. The summed E-state index contributed by atoms with van der Waals surface area (Å²) in [7, 11) is 0. The highest BCUT2D eigenvalue weighted by molar-refractivity contribution is 5.28. The van der Waals surface area contributed by atoms with Gasteiger partial charge < -0.3 is 10.2 Å². The quantitative estimate of drug-likeness (QED) is 0.732. The van der Waals surface area contributed by atoms with Gasteiger partial charge in [-0.2, -0.15) is 0 Å². The van der Waals surface area contributed by atoms with Crippen LogP contribution in [0.15, 0.2) is 24.3 Å². The van der Waals surface area contributed by atoms with Crippen molar-refractivity contribution in [2.75, 3.05) is 45.8 Å². The van der Waals surface area contributed by atoms with Gasteiger partial charge in [0.2, 0.25) is 0 Å². The van der Waals surface area contributed by atoms with Crippen LogP contribution in [0.1, 0.15) is 25.0 Å². The van der Waals surface area contributed by atoms with Gasteiger partial charge in [-0.25, -0.2) is 0 Å². The molecule has 1 N–H and O–H groups in total. The molecule has 0 bridgehead atoms. The molecule has 0 aromatic heterocycles. The average molecular weight is 275 g/mol. The molecule has 1 aromatic carbocycles. The second-order valence-electron chi connectivity index (χ2n) is 5.57. The van der Waals surface area contributed by atoms with Crippen LogP contribution in [0.3, 0.4) is 0 Å². The Hall–Kier alpha value is -0.900. The van der Waals surface area contributed by atoms with E-state index in [2.05, 4.69) is 53.2 Å². The number of fused-ring (bicyclic) bond motifs is 1. The summed E-state index contributed by atoms with van der Waals surface area (Å²) in [5.74, 6) is 0. The van der Waals surface area contributed by atoms with Crippen LogP contribution in [0.4, 0.5) is 0 Å². The van der Waals surface area contributed by atoms with Crippen LogP contribution in [0.2, 0.25) is 0 Å². The monoisotopic (exact) mass is 275 g/mol. The minimum Gasteiger partial charge on any atom is -0.314 e. The maximum absolute atomic E-state index is 3.57. The Morgan fingerprint density at radius 3 is 2.60 bits per heavy atom. The van der Waals surface area contributed by atoms with Crippen LogP contribution in [-0.2, 0) is 13.0 Å². The van der Waals surface area contributed by atoms with Crippen molar-refractivity contribution in [2.24, 2.45) is 0 Å². The zero-order valence-corrected chi connectivity index (χ0v) is 13.1. The van der Waals surface area contributed by atoms with Crippen molar-refractivity contribution in [3.8, 4) is 0 Å². The first kappa shape index (κ1) is 15.5. The van der Waals surface area contributed by atoms with Gasteiger partial charge in [0.05, 0.1) is 0 Å². The zero-order valence-electron chi connectivity index (χ0n) is 13.1. The molecule has 1 aromatic rings. The predicted octanol–water partition coefficient (Wildman–Crippen LogP) is 1.98. The van der Waals surface area contributed by atoms with Crippen molar-refractivity contribution in [1.82, 2.24) is 15.1 Å². The van der Waals surface area contributed by atoms with E-state index in [-0.39, 0.29) is 0 Å². The number of hydrogen-bond donors (Lipinski definition) is 1. The van der Waals surface area contributed by atoms with E-state index >= 15 is 0 Å². The third kappa shape index (κ3) is 4.58. The first-order chi connectivity index (χ1) is 9.83. The highest BCUT2D eigenvalue weighted by atomic mass is 15.2. The summed E-state index contributed by atoms with van der Waals surface area (Å²) in [6.45, 7) is 13.6. The summed E-state index contributed by atoms with van der Waals surface area (Å²) < 4.78 is 0. The van der Waals surface area contributed by atoms with Crippen molar-refractivity contribution in [3.63, 3.8) is 0 Å². The van der Waals surface area contributed by atoms with Crippen molar-refractivity contribution in [3.05, 3.63) is 35.4 Å². The van der Waals surface area contributed by atoms with E-state index in [0.29, 0.717) is 0 Å². The molecule has 0 saturated heterocycles. The Balaban J connectivity index is 1.62. The molecule has 112 valence electrons. The number of rotatable bonds is 8. The third-order valence-electron chi connectivity index (χ3n) is 4.31. The zero-order chi connectivity index (χ0) is 14.2. The van der Waals surface area contributed by atoms with Gasteiger partial charge in [0.25, 0.3) is 0 Å². The standard InChI is InChI=1S/C17H29N3/c1-3-19(4-2)13-10-18-11-14-20-12-9-16-7-5-6-8-17(16)15-20/h5-8,18H,3-4,9-15H2,1-2H3. The fourth-order valence-electron chi connectivity index (χ4n) is 2.88.